The van der Waals surface area contributed by atoms with Crippen LogP contribution in [-0.4, -0.2) is 15.0 Å². The van der Waals surface area contributed by atoms with Gasteiger partial charge in [0.2, 0.25) is 0 Å². The fourth-order valence-corrected chi connectivity index (χ4v) is 3.50. The Kier molecular flexibility index (Phi) is 2.62. The Balaban J connectivity index is 1.67. The van der Waals surface area contributed by atoms with E-state index in [1.807, 2.05) is 6.07 Å². The van der Waals surface area contributed by atoms with Crippen molar-refractivity contribution in [3.8, 4) is 34.2 Å². The molecule has 2 heterocycles. The van der Waals surface area contributed by atoms with Gasteiger partial charge in [-0.2, -0.15) is 0 Å². The Morgan fingerprint density at radius 2 is 1.09 bits per heavy atom. The van der Waals surface area contributed by atoms with E-state index in [-0.39, 0.29) is 28.6 Å². The average molecular weight is 444 g/mol. The third-order valence-corrected chi connectivity index (χ3v) is 5.01. The zero-order valence-corrected chi connectivity index (χ0v) is 16.8. The molecule has 0 spiro atoms. The number of aromatic nitrogens is 3. The summed E-state index contributed by atoms with van der Waals surface area (Å²) in [6.45, 7) is 0. The third kappa shape index (κ3) is 3.31. The predicted molar refractivity (Wildman–Crippen MR) is 128 cm³/mol. The van der Waals surface area contributed by atoms with Crippen molar-refractivity contribution < 1.29 is 18.1 Å². The summed E-state index contributed by atoms with van der Waals surface area (Å²) in [6, 6.07) is 4.35. The molecule has 4 nitrogen and oxygen atoms in total. The standard InChI is InChI=1S/C27H16ClN3O/c28-20-12-14-22-21-13-11-19(15-23(21)32-24(22)16-20)27-30-25(17-7-3-1-4-8-17)29-26(31-27)18-9-5-2-6-10-18/h1-16H/i1D,2D,3D,4D,5D,6D,7D,8D,9D,10D. The van der Waals surface area contributed by atoms with Crippen molar-refractivity contribution in [3.63, 3.8) is 0 Å². The van der Waals surface area contributed by atoms with E-state index in [1.165, 1.54) is 0 Å². The smallest absolute Gasteiger partial charge is 0.164 e. The highest BCUT2D eigenvalue weighted by atomic mass is 35.5. The van der Waals surface area contributed by atoms with Crippen LogP contribution >= 0.6 is 11.6 Å². The number of halogens is 1. The maximum absolute atomic E-state index is 8.43. The molecule has 0 unspecified atom stereocenters. The topological polar surface area (TPSA) is 51.8 Å². The molecule has 0 fully saturated rings. The molecule has 0 aliphatic rings. The molecule has 5 heteroatoms. The number of furan rings is 1. The lowest BCUT2D eigenvalue weighted by molar-refractivity contribution is 0.669. The fraction of sp³-hybridized carbons (Fsp3) is 0. The summed E-state index contributed by atoms with van der Waals surface area (Å²) < 4.78 is 88.0. The first-order valence-corrected chi connectivity index (χ1v) is 9.79. The maximum Gasteiger partial charge on any atom is 0.164 e. The van der Waals surface area contributed by atoms with Gasteiger partial charge in [-0.15, -0.1) is 0 Å². The van der Waals surface area contributed by atoms with E-state index in [0.29, 0.717) is 21.8 Å². The number of fused-ring (bicyclic) bond motifs is 3. The second kappa shape index (κ2) is 7.59. The quantitative estimate of drug-likeness (QED) is 0.285. The Labute approximate surface area is 203 Å². The van der Waals surface area contributed by atoms with Crippen molar-refractivity contribution in [2.24, 2.45) is 0 Å². The minimum Gasteiger partial charge on any atom is -0.456 e. The number of rotatable bonds is 3. The highest BCUT2D eigenvalue weighted by molar-refractivity contribution is 6.31. The van der Waals surface area contributed by atoms with Crippen molar-refractivity contribution >= 4 is 33.5 Å². The average Bonchev–Trinajstić information content (AvgIpc) is 3.33. The molecule has 0 saturated heterocycles. The van der Waals surface area contributed by atoms with Crippen molar-refractivity contribution in [2.45, 2.75) is 0 Å². The molecule has 0 aliphatic heterocycles. The highest BCUT2D eigenvalue weighted by Crippen LogP contribution is 2.33. The van der Waals surface area contributed by atoms with Crippen LogP contribution < -0.4 is 0 Å². The minimum atomic E-state index is -0.611. The van der Waals surface area contributed by atoms with Crippen molar-refractivity contribution in [1.29, 1.82) is 0 Å². The predicted octanol–water partition coefficient (Wildman–Crippen LogP) is 7.43. The number of hydrogen-bond acceptors (Lipinski definition) is 4. The van der Waals surface area contributed by atoms with Gasteiger partial charge in [-0.3, -0.25) is 0 Å². The molecular weight excluding hydrogens is 418 g/mol. The first kappa shape index (κ1) is 11.0. The van der Waals surface area contributed by atoms with Crippen LogP contribution in [0.3, 0.4) is 0 Å². The van der Waals surface area contributed by atoms with Gasteiger partial charge in [0.15, 0.2) is 17.5 Å². The van der Waals surface area contributed by atoms with Gasteiger partial charge in [0.05, 0.1) is 13.7 Å². The Bertz CT molecular complexity index is 1990. The Hall–Kier alpha value is -4.02. The molecule has 6 rings (SSSR count). The summed E-state index contributed by atoms with van der Waals surface area (Å²) in [4.78, 5) is 13.1. The first-order chi connectivity index (χ1) is 19.9. The van der Waals surface area contributed by atoms with Crippen LogP contribution in [0.5, 0.6) is 0 Å². The Morgan fingerprint density at radius 3 is 1.69 bits per heavy atom. The summed E-state index contributed by atoms with van der Waals surface area (Å²) in [5.41, 5.74) is 0.705. The molecular formula is C27H16ClN3O. The van der Waals surface area contributed by atoms with Crippen molar-refractivity contribution in [1.82, 2.24) is 15.0 Å². The summed E-state index contributed by atoms with van der Waals surface area (Å²) in [7, 11) is 0. The largest absolute Gasteiger partial charge is 0.456 e. The molecule has 4 aromatic carbocycles. The molecule has 6 aromatic rings. The van der Waals surface area contributed by atoms with Gasteiger partial charge in [0, 0.05) is 38.6 Å². The van der Waals surface area contributed by atoms with Gasteiger partial charge >= 0.3 is 0 Å². The molecule has 0 amide bonds. The summed E-state index contributed by atoms with van der Waals surface area (Å²) in [6.07, 6.45) is 0. The third-order valence-electron chi connectivity index (χ3n) is 4.78. The van der Waals surface area contributed by atoms with Crippen LogP contribution in [0.15, 0.2) is 101 Å². The molecule has 32 heavy (non-hydrogen) atoms. The zero-order chi connectivity index (χ0) is 30.2. The fourth-order valence-electron chi connectivity index (χ4n) is 3.34. The lowest BCUT2D eigenvalue weighted by Crippen LogP contribution is -2.00. The van der Waals surface area contributed by atoms with Crippen molar-refractivity contribution in [3.05, 3.63) is 102 Å². The van der Waals surface area contributed by atoms with E-state index in [1.54, 1.807) is 30.3 Å². The van der Waals surface area contributed by atoms with Gasteiger partial charge in [-0.25, -0.2) is 15.0 Å². The number of benzene rings is 4. The minimum absolute atomic E-state index is 0.0472. The molecule has 0 N–H and O–H groups in total. The van der Waals surface area contributed by atoms with E-state index in [2.05, 4.69) is 15.0 Å². The highest BCUT2D eigenvalue weighted by Gasteiger charge is 2.14. The maximum atomic E-state index is 8.43. The Morgan fingerprint density at radius 1 is 0.594 bits per heavy atom. The second-order valence-electron chi connectivity index (χ2n) is 6.76. The van der Waals surface area contributed by atoms with Crippen LogP contribution in [0.4, 0.5) is 0 Å². The van der Waals surface area contributed by atoms with Crippen LogP contribution in [0.1, 0.15) is 13.7 Å². The molecule has 0 radical (unpaired) electrons. The molecule has 2 aromatic heterocycles. The van der Waals surface area contributed by atoms with E-state index in [4.69, 9.17) is 29.7 Å². The zero-order valence-electron chi connectivity index (χ0n) is 26.1. The number of hydrogen-bond donors (Lipinski definition) is 0. The van der Waals surface area contributed by atoms with Gasteiger partial charge in [0.25, 0.3) is 0 Å². The van der Waals surface area contributed by atoms with Crippen LogP contribution in [0.2, 0.25) is 5.02 Å². The van der Waals surface area contributed by atoms with Crippen LogP contribution in [-0.2, 0) is 0 Å². The summed E-state index contributed by atoms with van der Waals surface area (Å²) in [5.74, 6) is -0.723. The van der Waals surface area contributed by atoms with E-state index < -0.39 is 60.4 Å². The van der Waals surface area contributed by atoms with E-state index in [9.17, 15) is 0 Å². The first-order valence-electron chi connectivity index (χ1n) is 14.4. The van der Waals surface area contributed by atoms with Gasteiger partial charge in [0.1, 0.15) is 11.2 Å². The SMILES string of the molecule is [2H]c1c([2H])c([2H])c(-c2nc(-c3ccc4c(c3)oc3cc(Cl)ccc34)nc(-c3c([2H])c([2H])c([2H])c([2H])c3[2H])n2)c([2H])c1[2H]. The van der Waals surface area contributed by atoms with Crippen LogP contribution in [0.25, 0.3) is 56.1 Å². The number of nitrogens with zero attached hydrogens (tertiary/aromatic N) is 3. The normalized spacial score (nSPS) is 15.7. The van der Waals surface area contributed by atoms with Gasteiger partial charge < -0.3 is 4.42 Å². The van der Waals surface area contributed by atoms with E-state index >= 15 is 0 Å². The lowest BCUT2D eigenvalue weighted by atomic mass is 10.1. The molecule has 0 atom stereocenters. The van der Waals surface area contributed by atoms with E-state index in [0.717, 1.165) is 10.8 Å². The molecule has 152 valence electrons. The van der Waals surface area contributed by atoms with Crippen LogP contribution in [0, 0.1) is 0 Å². The molecule has 0 bridgehead atoms. The molecule has 0 aliphatic carbocycles. The van der Waals surface area contributed by atoms with Gasteiger partial charge in [-0.05, 0) is 24.3 Å². The van der Waals surface area contributed by atoms with Crippen molar-refractivity contribution in [2.75, 3.05) is 0 Å². The lowest BCUT2D eigenvalue weighted by Gasteiger charge is -2.08. The summed E-state index contributed by atoms with van der Waals surface area (Å²) >= 11 is 6.11. The summed E-state index contributed by atoms with van der Waals surface area (Å²) in [5, 5.41) is 2.08. The van der Waals surface area contributed by atoms with Gasteiger partial charge in [-0.1, -0.05) is 78.1 Å². The second-order valence-corrected chi connectivity index (χ2v) is 7.20. The monoisotopic (exact) mass is 443 g/mol. The molecule has 0 saturated carbocycles.